The summed E-state index contributed by atoms with van der Waals surface area (Å²) in [6, 6.07) is 8.07. The number of amides is 1. The molecule has 1 aliphatic rings. The maximum Gasteiger partial charge on any atom is 0.276 e. The second-order valence-electron chi connectivity index (χ2n) is 6.85. The number of carbonyl (C=O) groups excluding carboxylic acids is 1. The van der Waals surface area contributed by atoms with E-state index < -0.39 is 35.1 Å². The van der Waals surface area contributed by atoms with Crippen LogP contribution < -0.4 is 5.32 Å². The highest BCUT2D eigenvalue weighted by Crippen LogP contribution is 2.37. The lowest BCUT2D eigenvalue weighted by Crippen LogP contribution is -2.47. The van der Waals surface area contributed by atoms with Gasteiger partial charge in [0, 0.05) is 18.8 Å². The molecule has 8 nitrogen and oxygen atoms in total. The first kappa shape index (κ1) is 20.0. The van der Waals surface area contributed by atoms with Crippen molar-refractivity contribution in [3.05, 3.63) is 47.4 Å². The maximum absolute atomic E-state index is 14.4. The van der Waals surface area contributed by atoms with Gasteiger partial charge in [0.2, 0.25) is 5.75 Å². The van der Waals surface area contributed by atoms with E-state index in [0.717, 1.165) is 0 Å². The van der Waals surface area contributed by atoms with Gasteiger partial charge in [-0.15, -0.1) is 0 Å². The summed E-state index contributed by atoms with van der Waals surface area (Å²) in [4.78, 5) is 22.6. The van der Waals surface area contributed by atoms with Crippen molar-refractivity contribution in [2.45, 2.75) is 24.7 Å². The Kier molecular flexibility index (Phi) is 5.76. The average molecular weight is 390 g/mol. The average Bonchev–Trinajstić information content (AvgIpc) is 2.70. The molecular weight excluding hydrogens is 367 g/mol. The highest BCUT2D eigenvalue weighted by Gasteiger charge is 2.41. The van der Waals surface area contributed by atoms with Crippen molar-refractivity contribution in [1.29, 1.82) is 0 Å². The predicted octanol–water partition coefficient (Wildman–Crippen LogP) is 1.85. The summed E-state index contributed by atoms with van der Waals surface area (Å²) in [5.41, 5.74) is -0.899. The van der Waals surface area contributed by atoms with Gasteiger partial charge >= 0.3 is 0 Å². The summed E-state index contributed by atoms with van der Waals surface area (Å²) in [5, 5.41) is 22.3. The number of alkyl halides is 1. The molecule has 0 aliphatic carbocycles. The molecule has 3 rings (SSSR count). The van der Waals surface area contributed by atoms with Crippen LogP contribution in [0.15, 0.2) is 30.3 Å². The van der Waals surface area contributed by atoms with Gasteiger partial charge in [-0.1, -0.05) is 30.3 Å². The van der Waals surface area contributed by atoms with Crippen LogP contribution in [0.4, 0.5) is 4.39 Å². The molecule has 2 heterocycles. The number of aromatic nitrogens is 2. The summed E-state index contributed by atoms with van der Waals surface area (Å²) in [6.45, 7) is 0.927. The molecule has 0 radical (unpaired) electrons. The smallest absolute Gasteiger partial charge is 0.276 e. The number of halogens is 1. The van der Waals surface area contributed by atoms with Gasteiger partial charge in [-0.3, -0.25) is 9.69 Å². The quantitative estimate of drug-likeness (QED) is 0.669. The Hall–Kier alpha value is -2.78. The van der Waals surface area contributed by atoms with E-state index in [-0.39, 0.29) is 11.4 Å². The number of hydrogen-bond acceptors (Lipinski definition) is 7. The topological polar surface area (TPSA) is 108 Å². The number of ether oxygens (including phenoxy) is 1. The number of benzene rings is 1. The normalized spacial score (nSPS) is 17.3. The van der Waals surface area contributed by atoms with E-state index in [9.17, 15) is 19.4 Å². The Morgan fingerprint density at radius 1 is 1.21 bits per heavy atom. The van der Waals surface area contributed by atoms with Gasteiger partial charge in [0.15, 0.2) is 17.8 Å². The Labute approximate surface area is 162 Å². The third-order valence-corrected chi connectivity index (χ3v) is 5.02. The van der Waals surface area contributed by atoms with Gasteiger partial charge in [0.05, 0.1) is 5.54 Å². The Bertz CT molecular complexity index is 841. The zero-order valence-corrected chi connectivity index (χ0v) is 15.7. The van der Waals surface area contributed by atoms with Crippen molar-refractivity contribution in [2.24, 2.45) is 0 Å². The van der Waals surface area contributed by atoms with E-state index in [1.807, 2.05) is 19.0 Å². The fourth-order valence-corrected chi connectivity index (χ4v) is 3.28. The number of hydrogen-bond donors (Lipinski definition) is 3. The Morgan fingerprint density at radius 2 is 1.86 bits per heavy atom. The number of nitrogens with zero attached hydrogens (tertiary/aromatic N) is 3. The Morgan fingerprint density at radius 3 is 2.46 bits per heavy atom. The van der Waals surface area contributed by atoms with Crippen molar-refractivity contribution in [2.75, 3.05) is 27.3 Å². The van der Waals surface area contributed by atoms with E-state index in [1.165, 1.54) is 12.1 Å². The molecule has 1 aromatic heterocycles. The molecule has 0 saturated carbocycles. The van der Waals surface area contributed by atoms with E-state index in [4.69, 9.17) is 4.74 Å². The van der Waals surface area contributed by atoms with Crippen LogP contribution in [0, 0.1) is 0 Å². The minimum Gasteiger partial charge on any atom is -0.501 e. The molecule has 0 spiro atoms. The lowest BCUT2D eigenvalue weighted by atomic mass is 9.87. The van der Waals surface area contributed by atoms with Crippen molar-refractivity contribution in [3.63, 3.8) is 0 Å². The predicted molar refractivity (Wildman–Crippen MR) is 98.5 cm³/mol. The molecular formula is C19H23FN4O4. The van der Waals surface area contributed by atoms with Crippen molar-refractivity contribution >= 4 is 5.91 Å². The molecule has 1 aromatic carbocycles. The number of rotatable bonds is 5. The Balaban J connectivity index is 1.94. The molecule has 1 atom stereocenters. The SMILES string of the molecule is CN(C)C1(c2nc(O)c(O)c(C(=O)NC(F)c3ccccc3)n2)CCOCC1. The van der Waals surface area contributed by atoms with Crippen LogP contribution in [-0.4, -0.2) is 58.3 Å². The minimum absolute atomic E-state index is 0.177. The molecule has 9 heteroatoms. The summed E-state index contributed by atoms with van der Waals surface area (Å²) < 4.78 is 19.8. The van der Waals surface area contributed by atoms with Gasteiger partial charge in [-0.2, -0.15) is 4.98 Å². The first-order chi connectivity index (χ1) is 13.3. The third kappa shape index (κ3) is 3.76. The zero-order valence-electron chi connectivity index (χ0n) is 15.7. The fraction of sp³-hybridized carbons (Fsp3) is 0.421. The van der Waals surface area contributed by atoms with Crippen LogP contribution in [0.2, 0.25) is 0 Å². The van der Waals surface area contributed by atoms with Gasteiger partial charge in [0.25, 0.3) is 11.8 Å². The summed E-state index contributed by atoms with van der Waals surface area (Å²) >= 11 is 0. The molecule has 1 aliphatic heterocycles. The second-order valence-corrected chi connectivity index (χ2v) is 6.85. The first-order valence-corrected chi connectivity index (χ1v) is 8.90. The molecule has 28 heavy (non-hydrogen) atoms. The van der Waals surface area contributed by atoms with Crippen molar-refractivity contribution in [1.82, 2.24) is 20.2 Å². The van der Waals surface area contributed by atoms with Crippen LogP contribution in [0.3, 0.4) is 0 Å². The highest BCUT2D eigenvalue weighted by molar-refractivity contribution is 5.95. The maximum atomic E-state index is 14.4. The number of carbonyl (C=O) groups is 1. The van der Waals surface area contributed by atoms with Crippen LogP contribution >= 0.6 is 0 Å². The van der Waals surface area contributed by atoms with Crippen LogP contribution in [0.1, 0.15) is 41.0 Å². The lowest BCUT2D eigenvalue weighted by molar-refractivity contribution is -0.0156. The van der Waals surface area contributed by atoms with E-state index in [1.54, 1.807) is 18.2 Å². The van der Waals surface area contributed by atoms with Gasteiger partial charge in [-0.05, 0) is 26.9 Å². The standard InChI is InChI=1S/C19H23FN4O4/c1-24(2)19(8-10-28-11-9-19)18-21-13(14(25)17(27)23-18)16(26)22-15(20)12-6-4-3-5-7-12/h3-7,15,25H,8-11H2,1-2H3,(H,22,26)(H,21,23,27). The van der Waals surface area contributed by atoms with Gasteiger partial charge in [0.1, 0.15) is 0 Å². The molecule has 1 fully saturated rings. The third-order valence-electron chi connectivity index (χ3n) is 5.02. The summed E-state index contributed by atoms with van der Waals surface area (Å²) in [6.07, 6.45) is -0.707. The molecule has 150 valence electrons. The number of aromatic hydroxyl groups is 2. The molecule has 1 amide bonds. The summed E-state index contributed by atoms with van der Waals surface area (Å²) in [7, 11) is 3.68. The van der Waals surface area contributed by atoms with Crippen molar-refractivity contribution < 1.29 is 24.1 Å². The largest absolute Gasteiger partial charge is 0.501 e. The zero-order chi connectivity index (χ0) is 20.3. The van der Waals surface area contributed by atoms with Gasteiger partial charge in [-0.25, -0.2) is 9.37 Å². The van der Waals surface area contributed by atoms with Crippen LogP contribution in [0.25, 0.3) is 0 Å². The molecule has 2 aromatic rings. The molecule has 0 bridgehead atoms. The molecule has 1 saturated heterocycles. The van der Waals surface area contributed by atoms with Crippen LogP contribution in [-0.2, 0) is 10.3 Å². The second kappa shape index (κ2) is 8.07. The van der Waals surface area contributed by atoms with E-state index in [0.29, 0.717) is 26.1 Å². The molecule has 3 N–H and O–H groups in total. The van der Waals surface area contributed by atoms with Crippen molar-refractivity contribution in [3.8, 4) is 11.6 Å². The lowest BCUT2D eigenvalue weighted by Gasteiger charge is -2.41. The van der Waals surface area contributed by atoms with Crippen LogP contribution in [0.5, 0.6) is 11.6 Å². The highest BCUT2D eigenvalue weighted by atomic mass is 19.1. The molecule has 1 unspecified atom stereocenters. The fourth-order valence-electron chi connectivity index (χ4n) is 3.28. The first-order valence-electron chi connectivity index (χ1n) is 8.90. The van der Waals surface area contributed by atoms with E-state index >= 15 is 0 Å². The minimum atomic E-state index is -1.79. The van der Waals surface area contributed by atoms with E-state index in [2.05, 4.69) is 15.3 Å². The van der Waals surface area contributed by atoms with Gasteiger partial charge < -0.3 is 20.3 Å². The number of nitrogens with one attached hydrogen (secondary N) is 1. The monoisotopic (exact) mass is 390 g/mol. The summed E-state index contributed by atoms with van der Waals surface area (Å²) in [5.74, 6) is -2.29.